The number of hydrogen-bond donors (Lipinski definition) is 6. The molecule has 62 heavy (non-hydrogen) atoms. The maximum absolute atomic E-state index is 15.0. The first-order chi connectivity index (χ1) is 29.8. The van der Waals surface area contributed by atoms with Gasteiger partial charge in [-0.15, -0.1) is 0 Å². The molecule has 17 nitrogen and oxygen atoms in total. The highest BCUT2D eigenvalue weighted by Gasteiger charge is 2.48. The zero-order valence-corrected chi connectivity index (χ0v) is 34.4. The molecular formula is C44H49FN8O9. The lowest BCUT2D eigenvalue weighted by Gasteiger charge is -2.53. The molecule has 2 aromatic heterocycles. The van der Waals surface area contributed by atoms with Crippen LogP contribution in [0, 0.1) is 24.6 Å². The lowest BCUT2D eigenvalue weighted by molar-refractivity contribution is -0.172. The number of amides is 4. The fourth-order valence-corrected chi connectivity index (χ4v) is 9.16. The Hall–Kier alpha value is -6.08. The normalized spacial score (nSPS) is 21.4. The molecule has 1 saturated carbocycles. The number of cyclic esters (lactones) is 1. The van der Waals surface area contributed by atoms with Gasteiger partial charge in [0, 0.05) is 48.6 Å². The number of aliphatic hydroxyl groups is 1. The number of piperidine rings is 2. The minimum atomic E-state index is -1.97. The monoisotopic (exact) mass is 852 g/mol. The van der Waals surface area contributed by atoms with Crippen molar-refractivity contribution in [2.45, 2.75) is 70.6 Å². The summed E-state index contributed by atoms with van der Waals surface area (Å²) in [6.07, 6.45) is 1.02. The summed E-state index contributed by atoms with van der Waals surface area (Å²) in [6, 6.07) is 12.9. The van der Waals surface area contributed by atoms with Gasteiger partial charge in [0.2, 0.25) is 23.6 Å². The molecule has 4 amide bonds. The van der Waals surface area contributed by atoms with E-state index in [1.807, 2.05) is 18.2 Å². The summed E-state index contributed by atoms with van der Waals surface area (Å²) in [5, 5.41) is 22.4. The lowest BCUT2D eigenvalue weighted by Crippen LogP contribution is -2.59. The molecule has 1 aliphatic carbocycles. The first-order valence-electron chi connectivity index (χ1n) is 20.7. The van der Waals surface area contributed by atoms with Crippen LogP contribution in [0.25, 0.3) is 22.3 Å². The summed E-state index contributed by atoms with van der Waals surface area (Å²) in [5.41, 5.74) is 7.77. The van der Waals surface area contributed by atoms with Crippen molar-refractivity contribution in [3.63, 3.8) is 0 Å². The average molecular weight is 853 g/mol. The average Bonchev–Trinajstić information content (AvgIpc) is 3.64. The van der Waals surface area contributed by atoms with Gasteiger partial charge in [-0.3, -0.25) is 28.9 Å². The number of nitrogens with zero attached hydrogens (tertiary/aromatic N) is 3. The molecule has 6 heterocycles. The first kappa shape index (κ1) is 42.6. The van der Waals surface area contributed by atoms with Gasteiger partial charge < -0.3 is 46.1 Å². The van der Waals surface area contributed by atoms with Crippen molar-refractivity contribution in [2.24, 2.45) is 17.6 Å². The van der Waals surface area contributed by atoms with Gasteiger partial charge in [-0.1, -0.05) is 37.3 Å². The number of halogens is 1. The number of fused-ring (bicyclic) bond motifs is 7. The highest BCUT2D eigenvalue weighted by Crippen LogP contribution is 2.45. The summed E-state index contributed by atoms with van der Waals surface area (Å²) in [7, 11) is 0. The van der Waals surface area contributed by atoms with Gasteiger partial charge in [-0.2, -0.15) is 0 Å². The van der Waals surface area contributed by atoms with Crippen molar-refractivity contribution < 1.29 is 42.9 Å². The summed E-state index contributed by atoms with van der Waals surface area (Å²) in [5.74, 6) is -3.01. The van der Waals surface area contributed by atoms with E-state index in [4.69, 9.17) is 20.2 Å². The molecule has 9 rings (SSSR count). The Bertz CT molecular complexity index is 2520. The summed E-state index contributed by atoms with van der Waals surface area (Å²) in [6.45, 7) is 4.15. The minimum absolute atomic E-state index is 0.0152. The predicted octanol–water partition coefficient (Wildman–Crippen LogP) is 0.356. The number of aryl methyl sites for hydroxylation is 1. The van der Waals surface area contributed by atoms with E-state index in [2.05, 4.69) is 26.2 Å². The number of pyridine rings is 2. The van der Waals surface area contributed by atoms with Gasteiger partial charge in [-0.25, -0.2) is 14.2 Å². The van der Waals surface area contributed by atoms with Gasteiger partial charge in [0.05, 0.1) is 54.8 Å². The fourth-order valence-electron chi connectivity index (χ4n) is 9.16. The molecule has 3 fully saturated rings. The molecule has 2 aromatic carbocycles. The standard InChI is InChI=1S/C44H49FN8O9/c1-3-44(60)31-12-35-39-29(20-53(35)42(58)30(31)21-61-43(44)59)28(27-9-23(2)32(45)13-33(27)51-39)19-52-17-25-11-26(18-52)40(25)62-22-49-37(55)15-48-41(57)34(10-24-7-5-4-6-8-24)50-38(56)16-47-36(54)14-46/h4-9,12-13,25-26,34,40,60H,3,10-11,14-22,46H2,1-2H3,(H,47,54)(H,48,57)(H,49,55)(H,50,56)/t25?,26?,34-,40?,44-/m0/s1. The maximum atomic E-state index is 15.0. The van der Waals surface area contributed by atoms with Crippen molar-refractivity contribution in [2.75, 3.05) is 39.5 Å². The van der Waals surface area contributed by atoms with Gasteiger partial charge >= 0.3 is 5.97 Å². The van der Waals surface area contributed by atoms with Crippen molar-refractivity contribution in [1.29, 1.82) is 0 Å². The van der Waals surface area contributed by atoms with Crippen LogP contribution in [0.3, 0.4) is 0 Å². The summed E-state index contributed by atoms with van der Waals surface area (Å²) in [4.78, 5) is 83.7. The molecule has 4 aromatic rings. The third kappa shape index (κ3) is 8.17. The lowest BCUT2D eigenvalue weighted by atomic mass is 9.68. The molecule has 2 unspecified atom stereocenters. The number of nitrogens with one attached hydrogen (secondary N) is 4. The second-order valence-corrected chi connectivity index (χ2v) is 16.5. The van der Waals surface area contributed by atoms with Crippen LogP contribution in [0.15, 0.2) is 53.3 Å². The van der Waals surface area contributed by atoms with Crippen LogP contribution in [-0.4, -0.2) is 101 Å². The first-order valence-corrected chi connectivity index (χ1v) is 20.7. The van der Waals surface area contributed by atoms with Crippen molar-refractivity contribution in [3.05, 3.63) is 98.1 Å². The Morgan fingerprint density at radius 2 is 1.76 bits per heavy atom. The fraction of sp³-hybridized carbons (Fsp3) is 0.432. The number of benzene rings is 2. The zero-order valence-electron chi connectivity index (χ0n) is 34.4. The quantitative estimate of drug-likeness (QED) is 0.0619. The molecule has 7 N–H and O–H groups in total. The third-order valence-electron chi connectivity index (χ3n) is 12.5. The molecule has 4 atom stereocenters. The van der Waals surface area contributed by atoms with E-state index in [1.165, 1.54) is 6.07 Å². The van der Waals surface area contributed by atoms with E-state index in [1.54, 1.807) is 42.7 Å². The molecule has 5 aliphatic rings. The second-order valence-electron chi connectivity index (χ2n) is 16.5. The molecule has 2 bridgehead atoms. The van der Waals surface area contributed by atoms with E-state index in [0.29, 0.717) is 42.1 Å². The SMILES string of the molecule is CC[C@@]1(O)C(=O)OCc2c1cc1n(c2=O)Cc2c-1nc1cc(F)c(C)cc1c2CN1CC2CC(C1)C2OCNC(=O)CNC(=O)[C@H](Cc1ccccc1)NC(=O)CNC(=O)CN. The molecule has 326 valence electrons. The van der Waals surface area contributed by atoms with E-state index in [0.717, 1.165) is 28.5 Å². The van der Waals surface area contributed by atoms with E-state index < -0.39 is 47.1 Å². The largest absolute Gasteiger partial charge is 0.458 e. The molecule has 2 saturated heterocycles. The molecule has 4 aliphatic heterocycles. The smallest absolute Gasteiger partial charge is 0.343 e. The zero-order chi connectivity index (χ0) is 43.9. The van der Waals surface area contributed by atoms with Crippen LogP contribution in [0.5, 0.6) is 0 Å². The topological polar surface area (TPSA) is 236 Å². The number of nitrogens with two attached hydrogens (primary N) is 1. The van der Waals surface area contributed by atoms with Crippen molar-refractivity contribution in [3.8, 4) is 11.4 Å². The highest BCUT2D eigenvalue weighted by atomic mass is 19.1. The van der Waals surface area contributed by atoms with Gasteiger partial charge in [0.25, 0.3) is 5.56 Å². The van der Waals surface area contributed by atoms with Crippen molar-refractivity contribution >= 4 is 40.5 Å². The number of carbonyl (C=O) groups excluding carboxylic acids is 5. The Morgan fingerprint density at radius 1 is 1.02 bits per heavy atom. The Labute approximate surface area is 355 Å². The van der Waals surface area contributed by atoms with Crippen LogP contribution in [0.4, 0.5) is 4.39 Å². The molecule has 18 heteroatoms. The van der Waals surface area contributed by atoms with Crippen LogP contribution in [0.1, 0.15) is 53.1 Å². The predicted molar refractivity (Wildman–Crippen MR) is 221 cm³/mol. The van der Waals surface area contributed by atoms with Gasteiger partial charge in [0.1, 0.15) is 25.2 Å². The maximum Gasteiger partial charge on any atom is 0.343 e. The van der Waals surface area contributed by atoms with Gasteiger partial charge in [-0.05, 0) is 60.4 Å². The van der Waals surface area contributed by atoms with Crippen LogP contribution < -0.4 is 32.6 Å². The summed E-state index contributed by atoms with van der Waals surface area (Å²) < 4.78 is 28.0. The van der Waals surface area contributed by atoms with Crippen LogP contribution >= 0.6 is 0 Å². The molecular weight excluding hydrogens is 804 g/mol. The number of ether oxygens (including phenoxy) is 2. The Balaban J connectivity index is 0.895. The number of carbonyl (C=O) groups is 5. The molecule has 0 radical (unpaired) electrons. The third-order valence-corrected chi connectivity index (χ3v) is 12.5. The van der Waals surface area contributed by atoms with E-state index in [9.17, 15) is 33.9 Å². The van der Waals surface area contributed by atoms with Gasteiger partial charge in [0.15, 0.2) is 5.60 Å². The van der Waals surface area contributed by atoms with E-state index in [-0.39, 0.29) is 87.0 Å². The number of hydrogen-bond acceptors (Lipinski definition) is 12. The van der Waals surface area contributed by atoms with Crippen LogP contribution in [-0.2, 0) is 65.2 Å². The number of aromatic nitrogens is 2. The van der Waals surface area contributed by atoms with Crippen molar-refractivity contribution in [1.82, 2.24) is 35.7 Å². The summed E-state index contributed by atoms with van der Waals surface area (Å²) >= 11 is 0. The Kier molecular flexibility index (Phi) is 11.9. The number of rotatable bonds is 15. The number of esters is 1. The van der Waals surface area contributed by atoms with Crippen LogP contribution in [0.2, 0.25) is 0 Å². The molecule has 0 spiro atoms. The Morgan fingerprint density at radius 3 is 2.48 bits per heavy atom. The van der Waals surface area contributed by atoms with E-state index >= 15 is 4.39 Å². The minimum Gasteiger partial charge on any atom is -0.458 e. The highest BCUT2D eigenvalue weighted by molar-refractivity contribution is 5.93. The second kappa shape index (κ2) is 17.4.